The molecule has 32 heavy (non-hydrogen) atoms. The van der Waals surface area contributed by atoms with Crippen LogP contribution in [-0.4, -0.2) is 37.4 Å². The zero-order valence-electron chi connectivity index (χ0n) is 17.9. The quantitative estimate of drug-likeness (QED) is 0.431. The highest BCUT2D eigenvalue weighted by molar-refractivity contribution is 7.89. The average Bonchev–Trinajstić information content (AvgIpc) is 2.84. The van der Waals surface area contributed by atoms with Crippen LogP contribution in [0.4, 0.5) is 0 Å². The molecule has 1 amide bonds. The third-order valence-corrected chi connectivity index (χ3v) is 7.76. The molecule has 1 N–H and O–H groups in total. The van der Waals surface area contributed by atoms with Crippen LogP contribution in [0.2, 0.25) is 0 Å². The second-order valence-electron chi connectivity index (χ2n) is 8.02. The lowest BCUT2D eigenvalue weighted by Crippen LogP contribution is -2.46. The van der Waals surface area contributed by atoms with Crippen LogP contribution in [0.1, 0.15) is 37.7 Å². The summed E-state index contributed by atoms with van der Waals surface area (Å²) in [4.78, 5) is 12.9. The van der Waals surface area contributed by atoms with E-state index < -0.39 is 15.9 Å². The number of fused-ring (bicyclic) bond motifs is 1. The van der Waals surface area contributed by atoms with Crippen molar-refractivity contribution in [2.75, 3.05) is 6.54 Å². The van der Waals surface area contributed by atoms with Gasteiger partial charge in [-0.3, -0.25) is 4.79 Å². The van der Waals surface area contributed by atoms with Gasteiger partial charge < -0.3 is 0 Å². The molecule has 0 unspecified atom stereocenters. The van der Waals surface area contributed by atoms with Crippen molar-refractivity contribution in [2.24, 2.45) is 5.10 Å². The van der Waals surface area contributed by atoms with Crippen molar-refractivity contribution in [2.45, 2.75) is 43.0 Å². The van der Waals surface area contributed by atoms with Crippen molar-refractivity contribution in [1.82, 2.24) is 9.73 Å². The minimum atomic E-state index is -3.78. The third-order valence-electron chi connectivity index (χ3n) is 5.85. The number of hydrogen-bond acceptors (Lipinski definition) is 4. The molecule has 1 aliphatic carbocycles. The van der Waals surface area contributed by atoms with E-state index in [-0.39, 0.29) is 17.5 Å². The normalized spacial score (nSPS) is 15.4. The monoisotopic (exact) mass is 449 g/mol. The SMILES string of the molecule is O=C(CN(C1CCCCC1)S(=O)(=O)c1ccccc1)N/N=C/c1cccc2ccccc12. The first kappa shape index (κ1) is 22.2. The van der Waals surface area contributed by atoms with Gasteiger partial charge in [-0.2, -0.15) is 9.41 Å². The first-order valence-electron chi connectivity index (χ1n) is 10.9. The molecule has 3 aromatic rings. The van der Waals surface area contributed by atoms with E-state index in [1.165, 1.54) is 4.31 Å². The number of nitrogens with one attached hydrogen (secondary N) is 1. The van der Waals surface area contributed by atoms with Crippen molar-refractivity contribution in [3.63, 3.8) is 0 Å². The maximum Gasteiger partial charge on any atom is 0.255 e. The Kier molecular flexibility index (Phi) is 6.97. The fraction of sp³-hybridized carbons (Fsp3) is 0.280. The lowest BCUT2D eigenvalue weighted by atomic mass is 9.95. The Labute approximate surface area is 189 Å². The smallest absolute Gasteiger partial charge is 0.255 e. The number of benzene rings is 3. The molecule has 3 aromatic carbocycles. The van der Waals surface area contributed by atoms with Gasteiger partial charge in [0.05, 0.1) is 17.7 Å². The number of carbonyl (C=O) groups is 1. The number of amides is 1. The number of sulfonamides is 1. The standard InChI is InChI=1S/C25H27N3O3S/c29-25(27-26-18-21-12-9-11-20-10-7-8-17-24(20)21)19-28(22-13-3-1-4-14-22)32(30,31)23-15-5-2-6-16-23/h2,5-12,15-18,22H,1,3-4,13-14,19H2,(H,27,29)/b26-18+. The Morgan fingerprint density at radius 3 is 2.41 bits per heavy atom. The molecule has 0 radical (unpaired) electrons. The van der Waals surface area contributed by atoms with E-state index in [1.54, 1.807) is 36.5 Å². The number of hydrazone groups is 1. The van der Waals surface area contributed by atoms with Crippen molar-refractivity contribution in [3.05, 3.63) is 78.4 Å². The summed E-state index contributed by atoms with van der Waals surface area (Å²) < 4.78 is 28.0. The summed E-state index contributed by atoms with van der Waals surface area (Å²) in [5.41, 5.74) is 3.39. The molecule has 4 rings (SSSR count). The largest absolute Gasteiger partial charge is 0.272 e. The fourth-order valence-electron chi connectivity index (χ4n) is 4.22. The second kappa shape index (κ2) is 10.1. The molecule has 0 aliphatic heterocycles. The minimum absolute atomic E-state index is 0.179. The van der Waals surface area contributed by atoms with Crippen molar-refractivity contribution < 1.29 is 13.2 Å². The first-order valence-corrected chi connectivity index (χ1v) is 12.4. The molecular weight excluding hydrogens is 422 g/mol. The lowest BCUT2D eigenvalue weighted by molar-refractivity contribution is -0.121. The van der Waals surface area contributed by atoms with Crippen molar-refractivity contribution >= 4 is 32.9 Å². The van der Waals surface area contributed by atoms with Gasteiger partial charge in [-0.05, 0) is 35.7 Å². The Morgan fingerprint density at radius 1 is 0.938 bits per heavy atom. The topological polar surface area (TPSA) is 78.8 Å². The summed E-state index contributed by atoms with van der Waals surface area (Å²) >= 11 is 0. The maximum absolute atomic E-state index is 13.3. The lowest BCUT2D eigenvalue weighted by Gasteiger charge is -2.32. The molecule has 1 aliphatic rings. The van der Waals surface area contributed by atoms with Gasteiger partial charge in [-0.1, -0.05) is 79.9 Å². The van der Waals surface area contributed by atoms with Crippen molar-refractivity contribution in [3.8, 4) is 0 Å². The summed E-state index contributed by atoms with van der Waals surface area (Å²) in [6, 6.07) is 21.9. The minimum Gasteiger partial charge on any atom is -0.272 e. The van der Waals surface area contributed by atoms with Crippen LogP contribution >= 0.6 is 0 Å². The van der Waals surface area contributed by atoms with Gasteiger partial charge in [0, 0.05) is 11.6 Å². The molecule has 0 aromatic heterocycles. The number of hydrogen-bond donors (Lipinski definition) is 1. The van der Waals surface area contributed by atoms with E-state index in [4.69, 9.17) is 0 Å². The number of rotatable bonds is 7. The van der Waals surface area contributed by atoms with Gasteiger partial charge in [0.1, 0.15) is 0 Å². The highest BCUT2D eigenvalue weighted by Crippen LogP contribution is 2.27. The molecule has 0 atom stereocenters. The van der Waals surface area contributed by atoms with E-state index in [9.17, 15) is 13.2 Å². The number of carbonyl (C=O) groups excluding carboxylic acids is 1. The molecule has 1 saturated carbocycles. The predicted molar refractivity (Wildman–Crippen MR) is 127 cm³/mol. The Bertz CT molecular complexity index is 1200. The van der Waals surface area contributed by atoms with Gasteiger partial charge in [0.15, 0.2) is 0 Å². The fourth-order valence-corrected chi connectivity index (χ4v) is 5.88. The second-order valence-corrected chi connectivity index (χ2v) is 9.91. The molecule has 6 nitrogen and oxygen atoms in total. The van der Waals surface area contributed by atoms with E-state index in [0.29, 0.717) is 0 Å². The van der Waals surface area contributed by atoms with Crippen LogP contribution < -0.4 is 5.43 Å². The van der Waals surface area contributed by atoms with E-state index in [2.05, 4.69) is 10.5 Å². The third kappa shape index (κ3) is 5.06. The molecule has 0 heterocycles. The van der Waals surface area contributed by atoms with Crippen LogP contribution in [0, 0.1) is 0 Å². The van der Waals surface area contributed by atoms with Gasteiger partial charge in [0.25, 0.3) is 5.91 Å². The van der Waals surface area contributed by atoms with Crippen LogP contribution in [0.3, 0.4) is 0 Å². The van der Waals surface area contributed by atoms with Gasteiger partial charge in [-0.15, -0.1) is 0 Å². The summed E-state index contributed by atoms with van der Waals surface area (Å²) in [5.74, 6) is -0.452. The summed E-state index contributed by atoms with van der Waals surface area (Å²) in [7, 11) is -3.78. The van der Waals surface area contributed by atoms with E-state index in [1.807, 2.05) is 42.5 Å². The maximum atomic E-state index is 13.3. The molecule has 0 bridgehead atoms. The summed E-state index contributed by atoms with van der Waals surface area (Å²) in [5, 5.41) is 6.21. The highest BCUT2D eigenvalue weighted by atomic mass is 32.2. The first-order chi connectivity index (χ1) is 15.6. The molecule has 166 valence electrons. The van der Waals surface area contributed by atoms with Crippen molar-refractivity contribution in [1.29, 1.82) is 0 Å². The molecule has 0 spiro atoms. The molecular formula is C25H27N3O3S. The Hall–Kier alpha value is -3.03. The summed E-state index contributed by atoms with van der Waals surface area (Å²) in [6.45, 7) is -0.255. The molecule has 7 heteroatoms. The van der Waals surface area contributed by atoms with Crippen LogP contribution in [0.15, 0.2) is 82.8 Å². The Morgan fingerprint density at radius 2 is 1.62 bits per heavy atom. The highest BCUT2D eigenvalue weighted by Gasteiger charge is 2.33. The zero-order valence-corrected chi connectivity index (χ0v) is 18.7. The van der Waals surface area contributed by atoms with Gasteiger partial charge >= 0.3 is 0 Å². The molecule has 0 saturated heterocycles. The predicted octanol–water partition coefficient (Wildman–Crippen LogP) is 4.31. The van der Waals surface area contributed by atoms with Gasteiger partial charge in [-0.25, -0.2) is 13.8 Å². The Balaban J connectivity index is 1.50. The summed E-state index contributed by atoms with van der Waals surface area (Å²) in [6.07, 6.45) is 6.14. The van der Waals surface area contributed by atoms with Gasteiger partial charge in [0.2, 0.25) is 10.0 Å². The molecule has 1 fully saturated rings. The van der Waals surface area contributed by atoms with E-state index >= 15 is 0 Å². The van der Waals surface area contributed by atoms with E-state index in [0.717, 1.165) is 48.4 Å². The van der Waals surface area contributed by atoms with Crippen LogP contribution in [0.25, 0.3) is 10.8 Å². The number of nitrogens with zero attached hydrogens (tertiary/aromatic N) is 2. The van der Waals surface area contributed by atoms with Crippen LogP contribution in [0.5, 0.6) is 0 Å². The van der Waals surface area contributed by atoms with Crippen LogP contribution in [-0.2, 0) is 14.8 Å². The average molecular weight is 450 g/mol. The zero-order chi connectivity index (χ0) is 22.4.